The quantitative estimate of drug-likeness (QED) is 0.436. The van der Waals surface area contributed by atoms with E-state index in [2.05, 4.69) is 17.9 Å². The first-order valence-electron chi connectivity index (χ1n) is 6.94. The highest BCUT2D eigenvalue weighted by molar-refractivity contribution is 7.80. The lowest BCUT2D eigenvalue weighted by molar-refractivity contribution is -0.138. The molecule has 116 valence electrons. The zero-order chi connectivity index (χ0) is 16.1. The first-order chi connectivity index (χ1) is 10.5. The van der Waals surface area contributed by atoms with Crippen molar-refractivity contribution < 1.29 is 19.5 Å². The third kappa shape index (κ3) is 3.76. The fraction of sp³-hybridized carbons (Fsp3) is 0.312. The second-order valence-corrected chi connectivity index (χ2v) is 5.53. The van der Waals surface area contributed by atoms with Crippen LogP contribution >= 0.6 is 12.6 Å². The standard InChI is InChI=1S/C16H17NO4S/c18-14-6-11(10-4-2-1-3-5-10)7-15(19)12(14)8-17-13(9-22)16(20)21/h1-5,8,11,13,17,22H,6-7,9H2,(H,20,21). The van der Waals surface area contributed by atoms with Gasteiger partial charge < -0.3 is 10.4 Å². The molecular weight excluding hydrogens is 302 g/mol. The summed E-state index contributed by atoms with van der Waals surface area (Å²) in [7, 11) is 0. The molecule has 0 aromatic heterocycles. The lowest BCUT2D eigenvalue weighted by atomic mass is 9.80. The molecule has 1 aliphatic carbocycles. The van der Waals surface area contributed by atoms with Crippen molar-refractivity contribution in [1.82, 2.24) is 5.32 Å². The van der Waals surface area contributed by atoms with Gasteiger partial charge in [0.15, 0.2) is 11.6 Å². The van der Waals surface area contributed by atoms with E-state index in [1.807, 2.05) is 30.3 Å². The Morgan fingerprint density at radius 2 is 1.86 bits per heavy atom. The molecule has 0 radical (unpaired) electrons. The lowest BCUT2D eigenvalue weighted by Crippen LogP contribution is -2.36. The largest absolute Gasteiger partial charge is 0.480 e. The molecule has 1 unspecified atom stereocenters. The van der Waals surface area contributed by atoms with Gasteiger partial charge in [-0.25, -0.2) is 4.79 Å². The van der Waals surface area contributed by atoms with Crippen LogP contribution in [0, 0.1) is 0 Å². The highest BCUT2D eigenvalue weighted by Gasteiger charge is 2.31. The van der Waals surface area contributed by atoms with Crippen molar-refractivity contribution >= 4 is 30.2 Å². The monoisotopic (exact) mass is 319 g/mol. The summed E-state index contributed by atoms with van der Waals surface area (Å²) in [5.41, 5.74) is 1.01. The number of aliphatic carboxylic acids is 1. The van der Waals surface area contributed by atoms with Crippen LogP contribution in [0.3, 0.4) is 0 Å². The van der Waals surface area contributed by atoms with Crippen LogP contribution in [0.2, 0.25) is 0 Å². The minimum Gasteiger partial charge on any atom is -0.480 e. The van der Waals surface area contributed by atoms with Crippen LogP contribution in [0.4, 0.5) is 0 Å². The minimum absolute atomic E-state index is 0.0419. The van der Waals surface area contributed by atoms with E-state index < -0.39 is 12.0 Å². The van der Waals surface area contributed by atoms with Gasteiger partial charge in [0.25, 0.3) is 0 Å². The number of allylic oxidation sites excluding steroid dienone is 1. The molecule has 22 heavy (non-hydrogen) atoms. The van der Waals surface area contributed by atoms with E-state index >= 15 is 0 Å². The Bertz CT molecular complexity index is 592. The molecule has 1 aromatic rings. The molecule has 0 amide bonds. The van der Waals surface area contributed by atoms with Crippen molar-refractivity contribution in [2.45, 2.75) is 24.8 Å². The normalized spacial score (nSPS) is 19.7. The summed E-state index contributed by atoms with van der Waals surface area (Å²) in [5, 5.41) is 11.5. The number of nitrogens with one attached hydrogen (secondary N) is 1. The molecule has 0 aliphatic heterocycles. The Hall–Kier alpha value is -2.08. The van der Waals surface area contributed by atoms with Crippen LogP contribution in [-0.4, -0.2) is 34.4 Å². The molecule has 5 nitrogen and oxygen atoms in total. The topological polar surface area (TPSA) is 83.5 Å². The maximum Gasteiger partial charge on any atom is 0.326 e. The van der Waals surface area contributed by atoms with Gasteiger partial charge in [0.2, 0.25) is 0 Å². The van der Waals surface area contributed by atoms with Crippen molar-refractivity contribution in [3.63, 3.8) is 0 Å². The van der Waals surface area contributed by atoms with Crippen molar-refractivity contribution in [3.05, 3.63) is 47.7 Å². The average molecular weight is 319 g/mol. The summed E-state index contributed by atoms with van der Waals surface area (Å²) < 4.78 is 0. The third-order valence-corrected chi connectivity index (χ3v) is 4.01. The highest BCUT2D eigenvalue weighted by atomic mass is 32.1. The summed E-state index contributed by atoms with van der Waals surface area (Å²) in [6.07, 6.45) is 1.73. The molecule has 0 heterocycles. The molecule has 1 aromatic carbocycles. The number of ketones is 2. The number of rotatable bonds is 5. The van der Waals surface area contributed by atoms with Gasteiger partial charge in [-0.05, 0) is 11.5 Å². The van der Waals surface area contributed by atoms with Crippen molar-refractivity contribution in [2.24, 2.45) is 0 Å². The average Bonchev–Trinajstić information content (AvgIpc) is 2.50. The third-order valence-electron chi connectivity index (χ3n) is 3.64. The number of thiol groups is 1. The molecule has 1 fully saturated rings. The van der Waals surface area contributed by atoms with E-state index in [9.17, 15) is 14.4 Å². The highest BCUT2D eigenvalue weighted by Crippen LogP contribution is 2.31. The molecule has 1 atom stereocenters. The predicted octanol–water partition coefficient (Wildman–Crippen LogP) is 1.56. The zero-order valence-corrected chi connectivity index (χ0v) is 12.8. The number of benzene rings is 1. The maximum atomic E-state index is 12.2. The van der Waals surface area contributed by atoms with E-state index in [1.165, 1.54) is 6.20 Å². The molecule has 0 spiro atoms. The fourth-order valence-corrected chi connectivity index (χ4v) is 2.66. The second-order valence-electron chi connectivity index (χ2n) is 5.16. The van der Waals surface area contributed by atoms with Crippen molar-refractivity contribution in [3.8, 4) is 0 Å². The van der Waals surface area contributed by atoms with Crippen LogP contribution in [0.5, 0.6) is 0 Å². The smallest absolute Gasteiger partial charge is 0.326 e. The second kappa shape index (κ2) is 7.26. The predicted molar refractivity (Wildman–Crippen MR) is 84.9 cm³/mol. The Morgan fingerprint density at radius 3 is 2.36 bits per heavy atom. The number of hydrogen-bond acceptors (Lipinski definition) is 5. The number of carboxylic acids is 1. The Labute approximate surface area is 133 Å². The SMILES string of the molecule is O=C1CC(c2ccccc2)CC(=O)C1=CNC(CS)C(=O)O. The van der Waals surface area contributed by atoms with E-state index in [4.69, 9.17) is 5.11 Å². The Balaban J connectivity index is 2.10. The molecule has 2 rings (SSSR count). The van der Waals surface area contributed by atoms with Crippen molar-refractivity contribution in [1.29, 1.82) is 0 Å². The number of carbonyl (C=O) groups excluding carboxylic acids is 2. The molecule has 1 saturated carbocycles. The summed E-state index contributed by atoms with van der Waals surface area (Å²) in [4.78, 5) is 35.2. The van der Waals surface area contributed by atoms with Crippen LogP contribution in [0.1, 0.15) is 24.3 Å². The van der Waals surface area contributed by atoms with Gasteiger partial charge in [0, 0.05) is 24.8 Å². The van der Waals surface area contributed by atoms with E-state index in [0.717, 1.165) is 5.56 Å². The summed E-state index contributed by atoms with van der Waals surface area (Å²) in [5.74, 6) is -1.65. The number of hydrogen-bond donors (Lipinski definition) is 3. The van der Waals surface area contributed by atoms with E-state index in [1.54, 1.807) is 0 Å². The lowest BCUT2D eigenvalue weighted by Gasteiger charge is -2.22. The zero-order valence-electron chi connectivity index (χ0n) is 11.9. The fourth-order valence-electron chi connectivity index (χ4n) is 2.40. The van der Waals surface area contributed by atoms with Gasteiger partial charge >= 0.3 is 5.97 Å². The van der Waals surface area contributed by atoms with E-state index in [-0.39, 0.29) is 41.7 Å². The summed E-state index contributed by atoms with van der Waals surface area (Å²) >= 11 is 3.92. The minimum atomic E-state index is -1.08. The molecule has 6 heteroatoms. The molecule has 1 aliphatic rings. The number of carbonyl (C=O) groups is 3. The van der Waals surface area contributed by atoms with Crippen LogP contribution < -0.4 is 5.32 Å². The molecule has 0 bridgehead atoms. The van der Waals surface area contributed by atoms with Crippen LogP contribution in [0.25, 0.3) is 0 Å². The van der Waals surface area contributed by atoms with Gasteiger partial charge in [-0.15, -0.1) is 0 Å². The van der Waals surface area contributed by atoms with E-state index in [0.29, 0.717) is 0 Å². The van der Waals surface area contributed by atoms with Crippen LogP contribution in [-0.2, 0) is 14.4 Å². The first-order valence-corrected chi connectivity index (χ1v) is 7.57. The Kier molecular flexibility index (Phi) is 5.38. The van der Waals surface area contributed by atoms with Gasteiger partial charge in [0.1, 0.15) is 6.04 Å². The molecular formula is C16H17NO4S. The first kappa shape index (κ1) is 16.3. The number of carboxylic acid groups (broad SMARTS) is 1. The van der Waals surface area contributed by atoms with Gasteiger partial charge in [-0.1, -0.05) is 30.3 Å². The maximum absolute atomic E-state index is 12.2. The van der Waals surface area contributed by atoms with Gasteiger partial charge in [-0.3, -0.25) is 9.59 Å². The van der Waals surface area contributed by atoms with Gasteiger partial charge in [-0.2, -0.15) is 12.6 Å². The molecule has 2 N–H and O–H groups in total. The summed E-state index contributed by atoms with van der Waals surface area (Å²) in [6, 6.07) is 8.51. The summed E-state index contributed by atoms with van der Waals surface area (Å²) in [6.45, 7) is 0. The van der Waals surface area contributed by atoms with Gasteiger partial charge in [0.05, 0.1) is 5.57 Å². The molecule has 0 saturated heterocycles. The Morgan fingerprint density at radius 1 is 1.27 bits per heavy atom. The van der Waals surface area contributed by atoms with Crippen molar-refractivity contribution in [2.75, 3.05) is 5.75 Å². The number of Topliss-reactive ketones (excluding diaryl/α,β-unsaturated/α-hetero) is 2. The van der Waals surface area contributed by atoms with Crippen LogP contribution in [0.15, 0.2) is 42.1 Å².